The van der Waals surface area contributed by atoms with E-state index in [2.05, 4.69) is 40.8 Å². The average Bonchev–Trinajstić information content (AvgIpc) is 3.41. The number of nitrogens with zero attached hydrogens (tertiary/aromatic N) is 2. The maximum absolute atomic E-state index is 13.0. The van der Waals surface area contributed by atoms with Crippen LogP contribution in [0, 0.1) is 0 Å². The van der Waals surface area contributed by atoms with Gasteiger partial charge in [-0.2, -0.15) is 0 Å². The van der Waals surface area contributed by atoms with E-state index in [9.17, 15) is 9.18 Å². The van der Waals surface area contributed by atoms with Crippen LogP contribution in [0.15, 0.2) is 77.6 Å². The first-order valence-electron chi connectivity index (χ1n) is 8.26. The number of amides is 1. The Hall–Kier alpha value is -3.09. The summed E-state index contributed by atoms with van der Waals surface area (Å²) in [4.78, 5) is 16.8. The average molecular weight is 357 g/mol. The van der Waals surface area contributed by atoms with E-state index in [0.29, 0.717) is 17.6 Å². The number of aliphatic imine (C=N–C) groups is 1. The summed E-state index contributed by atoms with van der Waals surface area (Å²) < 4.78 is 13.0. The summed E-state index contributed by atoms with van der Waals surface area (Å²) in [5, 5.41) is 7.53. The van der Waals surface area contributed by atoms with Crippen LogP contribution in [-0.4, -0.2) is 29.8 Å². The van der Waals surface area contributed by atoms with Crippen LogP contribution in [0.25, 0.3) is 0 Å². The van der Waals surface area contributed by atoms with Crippen molar-refractivity contribution in [3.63, 3.8) is 0 Å². The van der Waals surface area contributed by atoms with Crippen molar-refractivity contribution in [1.29, 1.82) is 0 Å². The minimum Gasteiger partial charge on any atom is -0.380 e. The molecule has 1 aliphatic heterocycles. The van der Waals surface area contributed by atoms with Crippen LogP contribution in [-0.2, 0) is 4.79 Å². The lowest BCUT2D eigenvalue weighted by molar-refractivity contribution is -0.118. The first kappa shape index (κ1) is 19.2. The molecule has 0 unspecified atom stereocenters. The summed E-state index contributed by atoms with van der Waals surface area (Å²) in [5.74, 6) is -0.539. The van der Waals surface area contributed by atoms with Gasteiger partial charge in [-0.1, -0.05) is 25.8 Å². The number of nitrogens with one attached hydrogen (secondary N) is 3. The second kappa shape index (κ2) is 8.33. The molecule has 7 heteroatoms. The summed E-state index contributed by atoms with van der Waals surface area (Å²) in [7, 11) is 1.65. The Kier molecular flexibility index (Phi) is 6.16. The van der Waals surface area contributed by atoms with Crippen LogP contribution in [0.2, 0.25) is 0 Å². The lowest BCUT2D eigenvalue weighted by Crippen LogP contribution is -2.49. The fourth-order valence-corrected chi connectivity index (χ4v) is 2.32. The largest absolute Gasteiger partial charge is 0.380 e. The number of carbonyl (C=O) groups is 1. The molecular weight excluding hydrogens is 333 g/mol. The van der Waals surface area contributed by atoms with E-state index in [4.69, 9.17) is 0 Å². The lowest BCUT2D eigenvalue weighted by Gasteiger charge is -2.34. The topological polar surface area (TPSA) is 68.8 Å². The minimum absolute atomic E-state index is 0.209. The highest BCUT2D eigenvalue weighted by molar-refractivity contribution is 5.98. The van der Waals surface area contributed by atoms with Gasteiger partial charge in [0.1, 0.15) is 17.4 Å². The minimum atomic E-state index is -0.679. The van der Waals surface area contributed by atoms with Gasteiger partial charge in [-0.3, -0.25) is 15.2 Å². The van der Waals surface area contributed by atoms with Crippen LogP contribution in [0.4, 0.5) is 4.39 Å². The van der Waals surface area contributed by atoms with Crippen LogP contribution < -0.4 is 16.1 Å². The van der Waals surface area contributed by atoms with Crippen molar-refractivity contribution in [2.24, 2.45) is 4.99 Å². The molecule has 1 fully saturated rings. The van der Waals surface area contributed by atoms with Gasteiger partial charge in [-0.15, -0.1) is 0 Å². The number of rotatable bonds is 7. The molecule has 1 heterocycles. The Morgan fingerprint density at radius 3 is 2.69 bits per heavy atom. The predicted molar refractivity (Wildman–Crippen MR) is 102 cm³/mol. The van der Waals surface area contributed by atoms with Crippen molar-refractivity contribution < 1.29 is 9.18 Å². The maximum Gasteiger partial charge on any atom is 0.273 e. The summed E-state index contributed by atoms with van der Waals surface area (Å²) in [5.41, 5.74) is 4.93. The van der Waals surface area contributed by atoms with E-state index >= 15 is 0 Å². The highest BCUT2D eigenvalue weighted by atomic mass is 19.1. The van der Waals surface area contributed by atoms with Gasteiger partial charge < -0.3 is 10.6 Å². The van der Waals surface area contributed by atoms with Gasteiger partial charge in [-0.05, 0) is 31.9 Å². The molecule has 1 aliphatic carbocycles. The van der Waals surface area contributed by atoms with Crippen LogP contribution >= 0.6 is 0 Å². The van der Waals surface area contributed by atoms with Crippen LogP contribution in [0.1, 0.15) is 19.8 Å². The van der Waals surface area contributed by atoms with E-state index in [1.165, 1.54) is 6.08 Å². The van der Waals surface area contributed by atoms with Gasteiger partial charge in [0.15, 0.2) is 0 Å². The zero-order chi connectivity index (χ0) is 19.3. The highest BCUT2D eigenvalue weighted by Crippen LogP contribution is 2.25. The second-order valence-corrected chi connectivity index (χ2v) is 5.86. The zero-order valence-electron chi connectivity index (χ0n) is 15.1. The third-order valence-electron chi connectivity index (χ3n) is 3.80. The Labute approximate surface area is 153 Å². The van der Waals surface area contributed by atoms with Crippen molar-refractivity contribution in [2.75, 3.05) is 7.05 Å². The molecule has 6 nitrogen and oxygen atoms in total. The maximum atomic E-state index is 13.0. The third-order valence-corrected chi connectivity index (χ3v) is 3.80. The van der Waals surface area contributed by atoms with Gasteiger partial charge in [0.25, 0.3) is 5.91 Å². The molecule has 0 radical (unpaired) electrons. The smallest absolute Gasteiger partial charge is 0.273 e. The molecule has 0 aromatic carbocycles. The number of halogens is 1. The third kappa shape index (κ3) is 4.72. The molecule has 0 spiro atoms. The number of hydrogen-bond acceptors (Lipinski definition) is 4. The lowest BCUT2D eigenvalue weighted by atomic mass is 10.2. The standard InChI is InChI=1S/C19H24FN5O/c1-6-14(10-12(3)20)23-19(26)17(7-2)25-13(4)16(22-15-8-9-15)11-18(21-5)24-25/h6-7,10-11,15,22H,1,3-4,8-9H2,2,5H3,(H,21,24)(H,23,26)/b14-10+,17-7-. The zero-order valence-corrected chi connectivity index (χ0v) is 15.1. The quantitative estimate of drug-likeness (QED) is 0.484. The Morgan fingerprint density at radius 1 is 1.50 bits per heavy atom. The van der Waals surface area contributed by atoms with Crippen molar-refractivity contribution in [3.8, 4) is 0 Å². The number of allylic oxidation sites excluding steroid dienone is 4. The number of carbonyl (C=O) groups excluding carboxylic acids is 1. The molecule has 1 saturated carbocycles. The molecule has 138 valence electrons. The van der Waals surface area contributed by atoms with Crippen molar-refractivity contribution in [3.05, 3.63) is 72.7 Å². The molecule has 26 heavy (non-hydrogen) atoms. The van der Waals surface area contributed by atoms with E-state index in [1.807, 2.05) is 6.08 Å². The van der Waals surface area contributed by atoms with Crippen molar-refractivity contribution in [1.82, 2.24) is 21.1 Å². The molecule has 1 amide bonds. The first-order valence-corrected chi connectivity index (χ1v) is 8.26. The van der Waals surface area contributed by atoms with Crippen molar-refractivity contribution >= 4 is 11.7 Å². The summed E-state index contributed by atoms with van der Waals surface area (Å²) in [6.07, 6.45) is 8.13. The molecule has 3 N–H and O–H groups in total. The van der Waals surface area contributed by atoms with Gasteiger partial charge in [0.05, 0.1) is 11.4 Å². The highest BCUT2D eigenvalue weighted by Gasteiger charge is 2.29. The van der Waals surface area contributed by atoms with Gasteiger partial charge in [0, 0.05) is 24.9 Å². The monoisotopic (exact) mass is 357 g/mol. The molecule has 2 aliphatic rings. The van der Waals surface area contributed by atoms with Crippen LogP contribution in [0.3, 0.4) is 0 Å². The van der Waals surface area contributed by atoms with Crippen molar-refractivity contribution in [2.45, 2.75) is 25.8 Å². The summed E-state index contributed by atoms with van der Waals surface area (Å²) in [6.45, 7) is 12.5. The van der Waals surface area contributed by atoms with Gasteiger partial charge in [-0.25, -0.2) is 9.40 Å². The fraction of sp³-hybridized carbons (Fsp3) is 0.263. The number of hydrazine groups is 1. The summed E-state index contributed by atoms with van der Waals surface area (Å²) in [6, 6.07) is 0.421. The SMILES string of the molecule is C=C/C(=C\C(=C)F)NC(=O)/C(=C/C)N1NC(=NC)C=C(NC2CC2)C1=C. The second-order valence-electron chi connectivity index (χ2n) is 5.86. The Morgan fingerprint density at radius 2 is 2.19 bits per heavy atom. The molecule has 0 saturated heterocycles. The Balaban J connectivity index is 2.23. The molecular formula is C19H24FN5O. The first-order chi connectivity index (χ1) is 12.4. The van der Waals surface area contributed by atoms with Gasteiger partial charge in [0.2, 0.25) is 0 Å². The predicted octanol–water partition coefficient (Wildman–Crippen LogP) is 2.56. The van der Waals surface area contributed by atoms with E-state index in [0.717, 1.165) is 24.6 Å². The van der Waals surface area contributed by atoms with Crippen LogP contribution in [0.5, 0.6) is 0 Å². The molecule has 0 aromatic rings. The Bertz CT molecular complexity index is 756. The van der Waals surface area contributed by atoms with E-state index < -0.39 is 11.7 Å². The molecule has 0 aromatic heterocycles. The molecule has 0 bridgehead atoms. The van der Waals surface area contributed by atoms with E-state index in [-0.39, 0.29) is 11.4 Å². The molecule has 0 atom stereocenters. The number of hydrogen-bond donors (Lipinski definition) is 3. The molecule has 2 rings (SSSR count). The summed E-state index contributed by atoms with van der Waals surface area (Å²) >= 11 is 0. The fourth-order valence-electron chi connectivity index (χ4n) is 2.32. The van der Waals surface area contributed by atoms with Gasteiger partial charge >= 0.3 is 0 Å². The normalized spacial score (nSPS) is 19.7. The van der Waals surface area contributed by atoms with E-state index in [1.54, 1.807) is 25.1 Å². The number of amidine groups is 1.